The van der Waals surface area contributed by atoms with Crippen molar-refractivity contribution in [3.05, 3.63) is 59.1 Å². The molecule has 5 heteroatoms. The number of imidazole rings is 1. The monoisotopic (exact) mass is 318 g/mol. The van der Waals surface area contributed by atoms with Crippen LogP contribution in [-0.4, -0.2) is 14.5 Å². The second kappa shape index (κ2) is 4.93. The lowest BCUT2D eigenvalue weighted by atomic mass is 10.3. The fourth-order valence-electron chi connectivity index (χ4n) is 1.89. The number of benzene rings is 1. The second-order valence-electron chi connectivity index (χ2n) is 4.04. The maximum absolute atomic E-state index is 9.65. The molecule has 0 aliphatic carbocycles. The molecule has 1 N–H and O–H groups in total. The summed E-state index contributed by atoms with van der Waals surface area (Å²) in [5.41, 5.74) is 1.79. The van der Waals surface area contributed by atoms with Gasteiger partial charge in [0.1, 0.15) is 12.3 Å². The van der Waals surface area contributed by atoms with Gasteiger partial charge in [0, 0.05) is 6.20 Å². The minimum atomic E-state index is 0.130. The molecule has 0 spiro atoms. The smallest absolute Gasteiger partial charge is 0.182 e. The van der Waals surface area contributed by atoms with Gasteiger partial charge in [0.05, 0.1) is 5.52 Å². The van der Waals surface area contributed by atoms with Crippen LogP contribution in [0.4, 0.5) is 0 Å². The highest BCUT2D eigenvalue weighted by atomic mass is 79.9. The third-order valence-electron chi connectivity index (χ3n) is 2.81. The van der Waals surface area contributed by atoms with E-state index in [1.165, 1.54) is 0 Å². The second-order valence-corrected chi connectivity index (χ2v) is 4.75. The molecule has 3 rings (SSSR count). The van der Waals surface area contributed by atoms with Gasteiger partial charge in [-0.15, -0.1) is 0 Å². The minimum Gasteiger partial charge on any atom is -0.504 e. The normalized spacial score (nSPS) is 10.8. The third kappa shape index (κ3) is 2.29. The van der Waals surface area contributed by atoms with Gasteiger partial charge in [-0.25, -0.2) is 4.98 Å². The van der Waals surface area contributed by atoms with Crippen LogP contribution in [0, 0.1) is 0 Å². The first-order valence-corrected chi connectivity index (χ1v) is 6.57. The van der Waals surface area contributed by atoms with Crippen LogP contribution in [0.25, 0.3) is 5.52 Å². The molecule has 19 heavy (non-hydrogen) atoms. The van der Waals surface area contributed by atoms with Gasteiger partial charge in [-0.05, 0) is 40.2 Å². The largest absolute Gasteiger partial charge is 0.504 e. The van der Waals surface area contributed by atoms with Crippen LogP contribution in [-0.2, 0) is 6.61 Å². The van der Waals surface area contributed by atoms with Crippen molar-refractivity contribution in [1.29, 1.82) is 0 Å². The Morgan fingerprint density at radius 2 is 1.95 bits per heavy atom. The van der Waals surface area contributed by atoms with Crippen LogP contribution in [0.1, 0.15) is 5.69 Å². The molecule has 0 radical (unpaired) electrons. The standard InChI is InChI=1S/C14H11BrN2O2/c15-14-16-10(11-5-3-4-8-17(11)14)9-19-13-7-2-1-6-12(13)18/h1-8,18H,9H2. The summed E-state index contributed by atoms with van der Waals surface area (Å²) in [5.74, 6) is 0.584. The van der Waals surface area contributed by atoms with Gasteiger partial charge in [0.25, 0.3) is 0 Å². The van der Waals surface area contributed by atoms with Gasteiger partial charge in [-0.3, -0.25) is 4.40 Å². The number of halogens is 1. The molecule has 2 heterocycles. The maximum Gasteiger partial charge on any atom is 0.182 e. The predicted molar refractivity (Wildman–Crippen MR) is 75.3 cm³/mol. The van der Waals surface area contributed by atoms with E-state index in [1.807, 2.05) is 34.9 Å². The van der Waals surface area contributed by atoms with Crippen LogP contribution < -0.4 is 4.74 Å². The van der Waals surface area contributed by atoms with Crippen molar-refractivity contribution in [3.63, 3.8) is 0 Å². The first kappa shape index (κ1) is 12.0. The molecule has 96 valence electrons. The van der Waals surface area contributed by atoms with Gasteiger partial charge >= 0.3 is 0 Å². The summed E-state index contributed by atoms with van der Waals surface area (Å²) < 4.78 is 8.27. The molecule has 0 fully saturated rings. The summed E-state index contributed by atoms with van der Waals surface area (Å²) in [6.45, 7) is 0.302. The summed E-state index contributed by atoms with van der Waals surface area (Å²) in [6.07, 6.45) is 1.93. The van der Waals surface area contributed by atoms with Crippen molar-refractivity contribution in [3.8, 4) is 11.5 Å². The molecule has 3 aromatic rings. The Morgan fingerprint density at radius 1 is 1.16 bits per heavy atom. The number of phenols is 1. The van der Waals surface area contributed by atoms with E-state index in [2.05, 4.69) is 20.9 Å². The summed E-state index contributed by atoms with van der Waals surface area (Å²) in [5, 5.41) is 9.65. The number of aromatic hydroxyl groups is 1. The van der Waals surface area contributed by atoms with Gasteiger partial charge < -0.3 is 9.84 Å². The Balaban J connectivity index is 1.88. The maximum atomic E-state index is 9.65. The molecule has 2 aromatic heterocycles. The van der Waals surface area contributed by atoms with E-state index < -0.39 is 0 Å². The van der Waals surface area contributed by atoms with Crippen LogP contribution in [0.3, 0.4) is 0 Å². The molecule has 0 aliphatic heterocycles. The molecule has 0 amide bonds. The molecule has 0 aliphatic rings. The Morgan fingerprint density at radius 3 is 2.79 bits per heavy atom. The topological polar surface area (TPSA) is 46.8 Å². The summed E-state index contributed by atoms with van der Waals surface area (Å²) in [7, 11) is 0. The summed E-state index contributed by atoms with van der Waals surface area (Å²) in [4.78, 5) is 4.41. The molecule has 1 aromatic carbocycles. The summed E-state index contributed by atoms with van der Waals surface area (Å²) in [6, 6.07) is 12.8. The van der Waals surface area contributed by atoms with Crippen LogP contribution in [0.15, 0.2) is 53.4 Å². The highest BCUT2D eigenvalue weighted by Gasteiger charge is 2.09. The number of nitrogens with zero attached hydrogens (tertiary/aromatic N) is 2. The molecule has 4 nitrogen and oxygen atoms in total. The zero-order valence-corrected chi connectivity index (χ0v) is 11.5. The lowest BCUT2D eigenvalue weighted by Gasteiger charge is -2.06. The van der Waals surface area contributed by atoms with Crippen molar-refractivity contribution < 1.29 is 9.84 Å². The number of aromatic nitrogens is 2. The first-order valence-electron chi connectivity index (χ1n) is 5.78. The first-order chi connectivity index (χ1) is 9.25. The minimum absolute atomic E-state index is 0.130. The average Bonchev–Trinajstić information content (AvgIpc) is 2.75. The van der Waals surface area contributed by atoms with Crippen molar-refractivity contribution in [1.82, 2.24) is 9.38 Å². The van der Waals surface area contributed by atoms with E-state index in [0.29, 0.717) is 12.4 Å². The lowest BCUT2D eigenvalue weighted by molar-refractivity contribution is 0.286. The fourth-order valence-corrected chi connectivity index (χ4v) is 2.42. The van der Waals surface area contributed by atoms with Gasteiger partial charge in [0.2, 0.25) is 0 Å². The number of ether oxygens (including phenoxy) is 1. The van der Waals surface area contributed by atoms with Crippen LogP contribution in [0.5, 0.6) is 11.5 Å². The SMILES string of the molecule is Oc1ccccc1OCc1nc(Br)n2ccccc12. The number of hydrogen-bond donors (Lipinski definition) is 1. The van der Waals surface area contributed by atoms with E-state index in [0.717, 1.165) is 15.9 Å². The number of phenolic OH excluding ortho intramolecular Hbond substituents is 1. The van der Waals surface area contributed by atoms with Gasteiger partial charge in [0.15, 0.2) is 16.2 Å². The number of fused-ring (bicyclic) bond motifs is 1. The molecule has 0 saturated carbocycles. The zero-order valence-electron chi connectivity index (χ0n) is 9.95. The number of rotatable bonds is 3. The summed E-state index contributed by atoms with van der Waals surface area (Å²) >= 11 is 3.41. The predicted octanol–water partition coefficient (Wildman–Crippen LogP) is 3.38. The van der Waals surface area contributed by atoms with E-state index in [-0.39, 0.29) is 5.75 Å². The Hall–Kier alpha value is -2.01. The fraction of sp³-hybridized carbons (Fsp3) is 0.0714. The average molecular weight is 319 g/mol. The van der Waals surface area contributed by atoms with Crippen molar-refractivity contribution in [2.45, 2.75) is 6.61 Å². The molecule has 0 atom stereocenters. The Labute approximate surface area is 118 Å². The van der Waals surface area contributed by atoms with E-state index in [1.54, 1.807) is 18.2 Å². The number of pyridine rings is 1. The van der Waals surface area contributed by atoms with Crippen LogP contribution >= 0.6 is 15.9 Å². The molecular weight excluding hydrogens is 308 g/mol. The van der Waals surface area contributed by atoms with Crippen molar-refractivity contribution >= 4 is 21.4 Å². The Bertz CT molecular complexity index is 724. The van der Waals surface area contributed by atoms with E-state index in [4.69, 9.17) is 4.74 Å². The number of hydrogen-bond acceptors (Lipinski definition) is 3. The highest BCUT2D eigenvalue weighted by Crippen LogP contribution is 2.26. The lowest BCUT2D eigenvalue weighted by Crippen LogP contribution is -1.96. The van der Waals surface area contributed by atoms with Gasteiger partial charge in [-0.1, -0.05) is 18.2 Å². The third-order valence-corrected chi connectivity index (χ3v) is 3.37. The van der Waals surface area contributed by atoms with Gasteiger partial charge in [-0.2, -0.15) is 0 Å². The molecule has 0 saturated heterocycles. The molecule has 0 bridgehead atoms. The molecular formula is C14H11BrN2O2. The van der Waals surface area contributed by atoms with Crippen molar-refractivity contribution in [2.24, 2.45) is 0 Å². The zero-order chi connectivity index (χ0) is 13.2. The quantitative estimate of drug-likeness (QED) is 0.805. The van der Waals surface area contributed by atoms with E-state index in [9.17, 15) is 5.11 Å². The number of para-hydroxylation sites is 2. The highest BCUT2D eigenvalue weighted by molar-refractivity contribution is 9.10. The van der Waals surface area contributed by atoms with Crippen LogP contribution in [0.2, 0.25) is 0 Å². The Kier molecular flexibility index (Phi) is 3.13. The molecule has 0 unspecified atom stereocenters. The van der Waals surface area contributed by atoms with E-state index >= 15 is 0 Å². The van der Waals surface area contributed by atoms with Crippen molar-refractivity contribution in [2.75, 3.05) is 0 Å².